The van der Waals surface area contributed by atoms with E-state index in [2.05, 4.69) is 15.6 Å². The molecule has 0 aliphatic carbocycles. The number of fused-ring (bicyclic) bond motifs is 1. The molecule has 3 heterocycles. The number of nitrogens with one attached hydrogen (secondary N) is 2. The van der Waals surface area contributed by atoms with E-state index in [1.54, 1.807) is 24.5 Å². The summed E-state index contributed by atoms with van der Waals surface area (Å²) < 4.78 is 5.74. The van der Waals surface area contributed by atoms with Gasteiger partial charge in [-0.2, -0.15) is 0 Å². The van der Waals surface area contributed by atoms with Crippen molar-refractivity contribution in [3.63, 3.8) is 0 Å². The first-order chi connectivity index (χ1) is 13.2. The number of carbonyl (C=O) groups is 2. The van der Waals surface area contributed by atoms with Crippen molar-refractivity contribution in [1.29, 1.82) is 0 Å². The molecule has 2 amide bonds. The Balaban J connectivity index is 1.57. The Morgan fingerprint density at radius 1 is 1.22 bits per heavy atom. The molecule has 1 atom stereocenters. The lowest BCUT2D eigenvalue weighted by atomic mass is 10.1. The number of rotatable bonds is 5. The predicted molar refractivity (Wildman–Crippen MR) is 102 cm³/mol. The fourth-order valence-electron chi connectivity index (χ4n) is 3.45. The van der Waals surface area contributed by atoms with E-state index in [9.17, 15) is 9.59 Å². The molecule has 1 aromatic heterocycles. The lowest BCUT2D eigenvalue weighted by Gasteiger charge is -2.26. The Morgan fingerprint density at radius 3 is 2.85 bits per heavy atom. The molecule has 4 rings (SSSR count). The van der Waals surface area contributed by atoms with Crippen LogP contribution in [-0.4, -0.2) is 47.5 Å². The Bertz CT molecular complexity index is 834. The smallest absolute Gasteiger partial charge is 0.254 e. The second kappa shape index (κ2) is 7.75. The van der Waals surface area contributed by atoms with Crippen LogP contribution in [0, 0.1) is 0 Å². The molecule has 1 saturated heterocycles. The molecular weight excluding hydrogens is 344 g/mol. The van der Waals surface area contributed by atoms with E-state index in [4.69, 9.17) is 4.74 Å². The van der Waals surface area contributed by atoms with Crippen LogP contribution in [0.3, 0.4) is 0 Å². The summed E-state index contributed by atoms with van der Waals surface area (Å²) >= 11 is 0. The van der Waals surface area contributed by atoms with Crippen LogP contribution in [0.1, 0.15) is 28.8 Å². The molecule has 0 bridgehead atoms. The topological polar surface area (TPSA) is 83.6 Å². The van der Waals surface area contributed by atoms with Gasteiger partial charge >= 0.3 is 0 Å². The van der Waals surface area contributed by atoms with Crippen LogP contribution in [0.5, 0.6) is 0 Å². The zero-order chi connectivity index (χ0) is 18.6. The van der Waals surface area contributed by atoms with Crippen molar-refractivity contribution in [2.45, 2.75) is 25.5 Å². The molecule has 0 spiro atoms. The summed E-state index contributed by atoms with van der Waals surface area (Å²) in [4.78, 5) is 30.7. The Labute approximate surface area is 157 Å². The number of aromatic nitrogens is 1. The summed E-state index contributed by atoms with van der Waals surface area (Å²) in [5.74, 6) is -0.190. The minimum Gasteiger partial charge on any atom is -0.376 e. The lowest BCUT2D eigenvalue weighted by Crippen LogP contribution is -2.37. The van der Waals surface area contributed by atoms with Crippen LogP contribution in [0.4, 0.5) is 11.4 Å². The minimum absolute atomic E-state index is 0.0646. The fraction of sp³-hybridized carbons (Fsp3) is 0.350. The number of nitrogens with zero attached hydrogens (tertiary/aromatic N) is 2. The number of ether oxygens (including phenoxy) is 1. The number of benzene rings is 1. The SMILES string of the molecule is O=C1CNc2ccc(C(=O)N(Cc3ccncc3)C[C@@H]3CCCO3)cc2N1. The molecule has 140 valence electrons. The van der Waals surface area contributed by atoms with Crippen molar-refractivity contribution in [2.75, 3.05) is 30.3 Å². The predicted octanol–water partition coefficient (Wildman–Crippen LogP) is 2.27. The average molecular weight is 366 g/mol. The molecule has 7 nitrogen and oxygen atoms in total. The van der Waals surface area contributed by atoms with E-state index in [1.165, 1.54) is 0 Å². The number of amides is 2. The van der Waals surface area contributed by atoms with Crippen molar-refractivity contribution in [1.82, 2.24) is 9.88 Å². The van der Waals surface area contributed by atoms with E-state index in [-0.39, 0.29) is 24.5 Å². The van der Waals surface area contributed by atoms with Gasteiger partial charge in [-0.25, -0.2) is 0 Å². The van der Waals surface area contributed by atoms with E-state index >= 15 is 0 Å². The van der Waals surface area contributed by atoms with Gasteiger partial charge in [-0.05, 0) is 48.7 Å². The number of pyridine rings is 1. The zero-order valence-electron chi connectivity index (χ0n) is 15.0. The Hall–Kier alpha value is -2.93. The van der Waals surface area contributed by atoms with Crippen molar-refractivity contribution in [3.8, 4) is 0 Å². The summed E-state index contributed by atoms with van der Waals surface area (Å²) in [6, 6.07) is 9.18. The van der Waals surface area contributed by atoms with E-state index in [1.807, 2.05) is 23.1 Å². The molecule has 27 heavy (non-hydrogen) atoms. The maximum Gasteiger partial charge on any atom is 0.254 e. The lowest BCUT2D eigenvalue weighted by molar-refractivity contribution is -0.114. The monoisotopic (exact) mass is 366 g/mol. The van der Waals surface area contributed by atoms with Crippen LogP contribution in [0.25, 0.3) is 0 Å². The third kappa shape index (κ3) is 4.09. The molecule has 0 radical (unpaired) electrons. The highest BCUT2D eigenvalue weighted by Gasteiger charge is 2.25. The van der Waals surface area contributed by atoms with Crippen LogP contribution in [0.15, 0.2) is 42.7 Å². The molecule has 2 aliphatic rings. The molecule has 1 aromatic carbocycles. The molecule has 2 aliphatic heterocycles. The van der Waals surface area contributed by atoms with Gasteiger partial charge in [-0.3, -0.25) is 14.6 Å². The summed E-state index contributed by atoms with van der Waals surface area (Å²) in [5, 5.41) is 5.85. The van der Waals surface area contributed by atoms with Crippen molar-refractivity contribution < 1.29 is 14.3 Å². The van der Waals surface area contributed by atoms with Crippen LogP contribution in [-0.2, 0) is 16.1 Å². The van der Waals surface area contributed by atoms with E-state index in [0.29, 0.717) is 24.3 Å². The summed E-state index contributed by atoms with van der Waals surface area (Å²) in [5.41, 5.74) is 3.03. The molecule has 0 saturated carbocycles. The number of hydrogen-bond acceptors (Lipinski definition) is 5. The first-order valence-electron chi connectivity index (χ1n) is 9.16. The van der Waals surface area contributed by atoms with Gasteiger partial charge in [0.2, 0.25) is 5.91 Å². The Morgan fingerprint density at radius 2 is 2.07 bits per heavy atom. The summed E-state index contributed by atoms with van der Waals surface area (Å²) in [6.45, 7) is 2.03. The summed E-state index contributed by atoms with van der Waals surface area (Å²) in [6.07, 6.45) is 5.51. The van der Waals surface area contributed by atoms with E-state index < -0.39 is 0 Å². The average Bonchev–Trinajstić information content (AvgIpc) is 3.20. The normalized spacial score (nSPS) is 18.4. The molecule has 0 unspecified atom stereocenters. The highest BCUT2D eigenvalue weighted by molar-refractivity contribution is 6.03. The zero-order valence-corrected chi connectivity index (χ0v) is 15.0. The second-order valence-corrected chi connectivity index (χ2v) is 6.84. The maximum absolute atomic E-state index is 13.2. The number of anilines is 2. The van der Waals surface area contributed by atoms with Gasteiger partial charge in [0.25, 0.3) is 5.91 Å². The Kier molecular flexibility index (Phi) is 5.02. The van der Waals surface area contributed by atoms with Crippen LogP contribution in [0.2, 0.25) is 0 Å². The summed E-state index contributed by atoms with van der Waals surface area (Å²) in [7, 11) is 0. The van der Waals surface area contributed by atoms with Crippen molar-refractivity contribution in [2.24, 2.45) is 0 Å². The quantitative estimate of drug-likeness (QED) is 0.848. The standard InChI is InChI=1S/C20H22N4O3/c25-19-11-22-17-4-3-15(10-18(17)23-19)20(26)24(13-16-2-1-9-27-16)12-14-5-7-21-8-6-14/h3-8,10,16,22H,1-2,9,11-13H2,(H,23,25)/t16-/m0/s1. The molecule has 1 fully saturated rings. The highest BCUT2D eigenvalue weighted by Crippen LogP contribution is 2.27. The van der Waals surface area contributed by atoms with Gasteiger partial charge in [-0.1, -0.05) is 0 Å². The van der Waals surface area contributed by atoms with E-state index in [0.717, 1.165) is 30.7 Å². The maximum atomic E-state index is 13.2. The third-order valence-corrected chi connectivity index (χ3v) is 4.84. The number of hydrogen-bond donors (Lipinski definition) is 2. The first kappa shape index (κ1) is 17.5. The van der Waals surface area contributed by atoms with Crippen LogP contribution >= 0.6 is 0 Å². The third-order valence-electron chi connectivity index (χ3n) is 4.84. The highest BCUT2D eigenvalue weighted by atomic mass is 16.5. The number of carbonyl (C=O) groups excluding carboxylic acids is 2. The molecule has 2 aromatic rings. The minimum atomic E-state index is -0.111. The fourth-order valence-corrected chi connectivity index (χ4v) is 3.45. The van der Waals surface area contributed by atoms with Gasteiger partial charge in [0, 0.05) is 37.7 Å². The largest absolute Gasteiger partial charge is 0.376 e. The van der Waals surface area contributed by atoms with Crippen molar-refractivity contribution in [3.05, 3.63) is 53.9 Å². The first-order valence-corrected chi connectivity index (χ1v) is 9.16. The van der Waals surface area contributed by atoms with Gasteiger partial charge in [0.05, 0.1) is 24.0 Å². The molecule has 2 N–H and O–H groups in total. The van der Waals surface area contributed by atoms with Crippen molar-refractivity contribution >= 4 is 23.2 Å². The van der Waals surface area contributed by atoms with Gasteiger partial charge in [0.1, 0.15) is 0 Å². The van der Waals surface area contributed by atoms with Gasteiger partial charge in [0.15, 0.2) is 0 Å². The second-order valence-electron chi connectivity index (χ2n) is 6.84. The molecule has 7 heteroatoms. The van der Waals surface area contributed by atoms with Gasteiger partial charge in [-0.15, -0.1) is 0 Å². The van der Waals surface area contributed by atoms with Crippen LogP contribution < -0.4 is 10.6 Å². The molecular formula is C20H22N4O3. The van der Waals surface area contributed by atoms with Gasteiger partial charge < -0.3 is 20.3 Å².